The fourth-order valence-electron chi connectivity index (χ4n) is 4.15. The summed E-state index contributed by atoms with van der Waals surface area (Å²) in [5.41, 5.74) is 3.31. The van der Waals surface area contributed by atoms with Gasteiger partial charge in [0, 0.05) is 18.1 Å². The van der Waals surface area contributed by atoms with Crippen LogP contribution in [0.1, 0.15) is 28.3 Å². The zero-order valence-corrected chi connectivity index (χ0v) is 21.4. The van der Waals surface area contributed by atoms with E-state index in [2.05, 4.69) is 5.32 Å². The van der Waals surface area contributed by atoms with Gasteiger partial charge in [-0.15, -0.1) is 0 Å². The molecule has 1 atom stereocenters. The van der Waals surface area contributed by atoms with E-state index in [1.165, 1.54) is 0 Å². The fraction of sp³-hybridized carbons (Fsp3) is 0.161. The molecule has 0 heterocycles. The van der Waals surface area contributed by atoms with Crippen molar-refractivity contribution in [3.05, 3.63) is 136 Å². The SMILES string of the molecule is COc1ccc(CN(C(=O)Cc2ccccc2)[C@@H](C(=O)NCc2ccccc2Cl)c2ccccc2)cc1. The summed E-state index contributed by atoms with van der Waals surface area (Å²) in [7, 11) is 1.61. The molecule has 4 rings (SSSR count). The highest BCUT2D eigenvalue weighted by atomic mass is 35.5. The van der Waals surface area contributed by atoms with E-state index < -0.39 is 6.04 Å². The Kier molecular flexibility index (Phi) is 8.95. The summed E-state index contributed by atoms with van der Waals surface area (Å²) < 4.78 is 5.28. The van der Waals surface area contributed by atoms with Crippen LogP contribution in [-0.2, 0) is 29.1 Å². The van der Waals surface area contributed by atoms with E-state index in [0.29, 0.717) is 5.02 Å². The normalized spacial score (nSPS) is 11.4. The van der Waals surface area contributed by atoms with E-state index in [1.807, 2.05) is 103 Å². The van der Waals surface area contributed by atoms with E-state index in [-0.39, 0.29) is 31.3 Å². The molecule has 0 bridgehead atoms. The van der Waals surface area contributed by atoms with Crippen LogP contribution in [0.5, 0.6) is 5.75 Å². The van der Waals surface area contributed by atoms with Crippen LogP contribution in [0.15, 0.2) is 109 Å². The Labute approximate surface area is 222 Å². The molecular formula is C31H29ClN2O3. The van der Waals surface area contributed by atoms with Crippen LogP contribution < -0.4 is 10.1 Å². The Balaban J connectivity index is 1.67. The number of methoxy groups -OCH3 is 1. The number of nitrogens with one attached hydrogen (secondary N) is 1. The van der Waals surface area contributed by atoms with Crippen molar-refractivity contribution in [1.82, 2.24) is 10.2 Å². The van der Waals surface area contributed by atoms with Crippen LogP contribution in [0.25, 0.3) is 0 Å². The number of ether oxygens (including phenoxy) is 1. The first-order chi connectivity index (χ1) is 18.0. The van der Waals surface area contributed by atoms with Crippen LogP contribution in [0.2, 0.25) is 5.02 Å². The molecule has 0 aliphatic heterocycles. The number of carbonyl (C=O) groups is 2. The van der Waals surface area contributed by atoms with E-state index >= 15 is 0 Å². The van der Waals surface area contributed by atoms with Crippen LogP contribution in [-0.4, -0.2) is 23.8 Å². The van der Waals surface area contributed by atoms with Gasteiger partial charge in [0.1, 0.15) is 11.8 Å². The highest BCUT2D eigenvalue weighted by molar-refractivity contribution is 6.31. The second-order valence-electron chi connectivity index (χ2n) is 8.65. The van der Waals surface area contributed by atoms with Crippen LogP contribution >= 0.6 is 11.6 Å². The molecule has 0 aliphatic rings. The average molecular weight is 513 g/mol. The maximum absolute atomic E-state index is 13.8. The second-order valence-corrected chi connectivity index (χ2v) is 9.06. The number of nitrogens with zero attached hydrogens (tertiary/aromatic N) is 1. The maximum Gasteiger partial charge on any atom is 0.247 e. The van der Waals surface area contributed by atoms with Crippen LogP contribution in [0.4, 0.5) is 0 Å². The Bertz CT molecular complexity index is 1310. The Hall–Kier alpha value is -4.09. The van der Waals surface area contributed by atoms with Gasteiger partial charge in [-0.05, 0) is 40.5 Å². The zero-order chi connectivity index (χ0) is 26.0. The van der Waals surface area contributed by atoms with Gasteiger partial charge in [0.2, 0.25) is 11.8 Å². The first-order valence-corrected chi connectivity index (χ1v) is 12.5. The second kappa shape index (κ2) is 12.7. The molecule has 0 aromatic heterocycles. The Morgan fingerprint density at radius 1 is 0.811 bits per heavy atom. The first kappa shape index (κ1) is 26.0. The molecular weight excluding hydrogens is 484 g/mol. The number of carbonyl (C=O) groups excluding carboxylic acids is 2. The summed E-state index contributed by atoms with van der Waals surface area (Å²) in [5, 5.41) is 3.58. The number of benzene rings is 4. The molecule has 2 amide bonds. The van der Waals surface area contributed by atoms with E-state index in [4.69, 9.17) is 16.3 Å². The van der Waals surface area contributed by atoms with E-state index in [9.17, 15) is 9.59 Å². The smallest absolute Gasteiger partial charge is 0.247 e. The lowest BCUT2D eigenvalue weighted by Gasteiger charge is -2.32. The molecule has 0 aliphatic carbocycles. The summed E-state index contributed by atoms with van der Waals surface area (Å²) in [5.74, 6) is 0.299. The lowest BCUT2D eigenvalue weighted by Crippen LogP contribution is -2.43. The van der Waals surface area contributed by atoms with Gasteiger partial charge in [-0.2, -0.15) is 0 Å². The summed E-state index contributed by atoms with van der Waals surface area (Å²) in [6, 6.07) is 33.0. The third-order valence-electron chi connectivity index (χ3n) is 6.12. The van der Waals surface area contributed by atoms with Gasteiger partial charge in [0.15, 0.2) is 0 Å². The minimum Gasteiger partial charge on any atom is -0.497 e. The molecule has 188 valence electrons. The zero-order valence-electron chi connectivity index (χ0n) is 20.6. The van der Waals surface area contributed by atoms with Gasteiger partial charge in [-0.1, -0.05) is 103 Å². The van der Waals surface area contributed by atoms with E-state index in [1.54, 1.807) is 18.1 Å². The number of amides is 2. The van der Waals surface area contributed by atoms with Gasteiger partial charge in [-0.3, -0.25) is 9.59 Å². The predicted octanol–water partition coefficient (Wildman–Crippen LogP) is 5.98. The standard InChI is InChI=1S/C31H29ClN2O3/c1-37-27-18-16-24(17-19-27)22-34(29(35)20-23-10-4-2-5-11-23)30(25-12-6-3-7-13-25)31(36)33-21-26-14-8-9-15-28(26)32/h2-19,30H,20-22H2,1H3,(H,33,36)/t30-/m1/s1. The van der Waals surface area contributed by atoms with Crippen molar-refractivity contribution in [2.45, 2.75) is 25.6 Å². The summed E-state index contributed by atoms with van der Waals surface area (Å²) >= 11 is 6.31. The van der Waals surface area contributed by atoms with Crippen LogP contribution in [0.3, 0.4) is 0 Å². The molecule has 0 radical (unpaired) electrons. The van der Waals surface area contributed by atoms with Crippen molar-refractivity contribution >= 4 is 23.4 Å². The van der Waals surface area contributed by atoms with Gasteiger partial charge >= 0.3 is 0 Å². The largest absolute Gasteiger partial charge is 0.497 e. The molecule has 37 heavy (non-hydrogen) atoms. The Morgan fingerprint density at radius 2 is 1.43 bits per heavy atom. The third kappa shape index (κ3) is 6.99. The van der Waals surface area contributed by atoms with Crippen molar-refractivity contribution < 1.29 is 14.3 Å². The molecule has 4 aromatic rings. The summed E-state index contributed by atoms with van der Waals surface area (Å²) in [6.45, 7) is 0.514. The number of halogens is 1. The monoisotopic (exact) mass is 512 g/mol. The Morgan fingerprint density at radius 3 is 2.08 bits per heavy atom. The lowest BCUT2D eigenvalue weighted by molar-refractivity contribution is -0.141. The molecule has 0 fully saturated rings. The molecule has 0 unspecified atom stereocenters. The topological polar surface area (TPSA) is 58.6 Å². The molecule has 0 spiro atoms. The number of rotatable bonds is 10. The van der Waals surface area contributed by atoms with Crippen molar-refractivity contribution in [1.29, 1.82) is 0 Å². The number of hydrogen-bond donors (Lipinski definition) is 1. The van der Waals surface area contributed by atoms with Crippen molar-refractivity contribution in [3.63, 3.8) is 0 Å². The third-order valence-corrected chi connectivity index (χ3v) is 6.49. The summed E-state index contributed by atoms with van der Waals surface area (Å²) in [6.07, 6.45) is 0.179. The average Bonchev–Trinajstić information content (AvgIpc) is 2.93. The van der Waals surface area contributed by atoms with Gasteiger partial charge in [0.05, 0.1) is 13.5 Å². The quantitative estimate of drug-likeness (QED) is 0.284. The van der Waals surface area contributed by atoms with E-state index in [0.717, 1.165) is 28.0 Å². The first-order valence-electron chi connectivity index (χ1n) is 12.1. The summed E-state index contributed by atoms with van der Waals surface area (Å²) in [4.78, 5) is 29.2. The fourth-order valence-corrected chi connectivity index (χ4v) is 4.35. The maximum atomic E-state index is 13.8. The van der Waals surface area contributed by atoms with Gasteiger partial charge in [0.25, 0.3) is 0 Å². The van der Waals surface area contributed by atoms with Crippen LogP contribution in [0, 0.1) is 0 Å². The number of hydrogen-bond acceptors (Lipinski definition) is 3. The van der Waals surface area contributed by atoms with Gasteiger partial charge < -0.3 is 15.0 Å². The molecule has 1 N–H and O–H groups in total. The van der Waals surface area contributed by atoms with Crippen molar-refractivity contribution in [3.8, 4) is 5.75 Å². The van der Waals surface area contributed by atoms with Crippen molar-refractivity contribution in [2.24, 2.45) is 0 Å². The molecule has 6 heteroatoms. The highest BCUT2D eigenvalue weighted by Crippen LogP contribution is 2.26. The lowest BCUT2D eigenvalue weighted by atomic mass is 10.0. The van der Waals surface area contributed by atoms with Crippen molar-refractivity contribution in [2.75, 3.05) is 7.11 Å². The molecule has 5 nitrogen and oxygen atoms in total. The molecule has 0 saturated heterocycles. The molecule has 4 aromatic carbocycles. The minimum absolute atomic E-state index is 0.149. The van der Waals surface area contributed by atoms with Gasteiger partial charge in [-0.25, -0.2) is 0 Å². The predicted molar refractivity (Wildman–Crippen MR) is 146 cm³/mol. The minimum atomic E-state index is -0.831. The highest BCUT2D eigenvalue weighted by Gasteiger charge is 2.31. The molecule has 0 saturated carbocycles.